The van der Waals surface area contributed by atoms with Crippen molar-refractivity contribution in [1.82, 2.24) is 9.88 Å². The number of aromatic nitrogens is 1. The number of piperidine rings is 1. The van der Waals surface area contributed by atoms with E-state index in [4.69, 9.17) is 10.5 Å². The molecule has 0 aliphatic carbocycles. The standard InChI is InChI=1S/C19H23N3O3/c1-11(2)22-9-7-13(8-10-22)25-15-6-4-5-14-17(15)18(20)16(19(23)24)12(3)21-14/h4-6,13H,1,7-10H2,2-3H3,(H2,20,21)(H,23,24). The maximum absolute atomic E-state index is 11.5. The number of fused-ring (bicyclic) bond motifs is 1. The molecule has 2 heterocycles. The van der Waals surface area contributed by atoms with Crippen LogP contribution in [0, 0.1) is 6.92 Å². The Hall–Kier alpha value is -2.76. The van der Waals surface area contributed by atoms with Crippen LogP contribution in [0.5, 0.6) is 5.75 Å². The first kappa shape index (κ1) is 17.1. The van der Waals surface area contributed by atoms with Gasteiger partial charge in [-0.25, -0.2) is 4.79 Å². The number of allylic oxidation sites excluding steroid dienone is 1. The van der Waals surface area contributed by atoms with Gasteiger partial charge in [-0.2, -0.15) is 0 Å². The average Bonchev–Trinajstić information content (AvgIpc) is 2.54. The van der Waals surface area contributed by atoms with Crippen molar-refractivity contribution in [3.63, 3.8) is 0 Å². The number of benzene rings is 1. The number of rotatable bonds is 4. The number of aromatic carboxylic acids is 1. The van der Waals surface area contributed by atoms with E-state index in [-0.39, 0.29) is 17.4 Å². The van der Waals surface area contributed by atoms with Gasteiger partial charge in [0.05, 0.1) is 22.3 Å². The van der Waals surface area contributed by atoms with Crippen molar-refractivity contribution in [2.45, 2.75) is 32.8 Å². The van der Waals surface area contributed by atoms with Crippen LogP contribution in [0.2, 0.25) is 0 Å². The molecular weight excluding hydrogens is 318 g/mol. The summed E-state index contributed by atoms with van der Waals surface area (Å²) >= 11 is 0. The minimum absolute atomic E-state index is 0.0423. The van der Waals surface area contributed by atoms with Crippen LogP contribution in [0.25, 0.3) is 10.9 Å². The number of aryl methyl sites for hydroxylation is 1. The summed E-state index contributed by atoms with van der Waals surface area (Å²) in [5.41, 5.74) is 8.55. The Kier molecular flexibility index (Phi) is 4.53. The van der Waals surface area contributed by atoms with Crippen LogP contribution in [0.4, 0.5) is 5.69 Å². The number of carboxylic acids is 1. The summed E-state index contributed by atoms with van der Waals surface area (Å²) in [5, 5.41) is 10.0. The summed E-state index contributed by atoms with van der Waals surface area (Å²) < 4.78 is 6.18. The predicted molar refractivity (Wildman–Crippen MR) is 97.9 cm³/mol. The molecule has 0 amide bonds. The first-order valence-corrected chi connectivity index (χ1v) is 8.37. The van der Waals surface area contributed by atoms with Crippen LogP contribution >= 0.6 is 0 Å². The Balaban J connectivity index is 1.93. The van der Waals surface area contributed by atoms with Gasteiger partial charge in [-0.05, 0) is 26.0 Å². The van der Waals surface area contributed by atoms with Crippen LogP contribution in [-0.2, 0) is 0 Å². The summed E-state index contributed by atoms with van der Waals surface area (Å²) in [6, 6.07) is 5.50. The number of likely N-dealkylation sites (tertiary alicyclic amines) is 1. The molecule has 1 saturated heterocycles. The van der Waals surface area contributed by atoms with Crippen LogP contribution in [0.3, 0.4) is 0 Å². The van der Waals surface area contributed by atoms with E-state index < -0.39 is 5.97 Å². The lowest BCUT2D eigenvalue weighted by molar-refractivity contribution is 0.0697. The highest BCUT2D eigenvalue weighted by Gasteiger charge is 2.23. The number of nitrogens with zero attached hydrogens (tertiary/aromatic N) is 2. The zero-order valence-electron chi connectivity index (χ0n) is 14.6. The number of anilines is 1. The number of carboxylic acid groups (broad SMARTS) is 1. The summed E-state index contributed by atoms with van der Waals surface area (Å²) in [5.74, 6) is -0.479. The molecule has 1 aromatic heterocycles. The Bertz CT molecular complexity index is 839. The number of nitrogens with two attached hydrogens (primary N) is 1. The van der Waals surface area contributed by atoms with Crippen LogP contribution in [0.1, 0.15) is 35.8 Å². The van der Waals surface area contributed by atoms with E-state index in [9.17, 15) is 9.90 Å². The Morgan fingerprint density at radius 3 is 2.68 bits per heavy atom. The van der Waals surface area contributed by atoms with E-state index in [0.29, 0.717) is 22.3 Å². The van der Waals surface area contributed by atoms with Gasteiger partial charge in [-0.1, -0.05) is 12.6 Å². The maximum Gasteiger partial charge on any atom is 0.339 e. The molecule has 6 heteroatoms. The normalized spacial score (nSPS) is 15.4. The largest absolute Gasteiger partial charge is 0.490 e. The summed E-state index contributed by atoms with van der Waals surface area (Å²) in [6.45, 7) is 9.44. The van der Waals surface area contributed by atoms with Crippen molar-refractivity contribution in [1.29, 1.82) is 0 Å². The number of pyridine rings is 1. The van der Waals surface area contributed by atoms with Crippen molar-refractivity contribution >= 4 is 22.6 Å². The van der Waals surface area contributed by atoms with Gasteiger partial charge in [0.25, 0.3) is 0 Å². The van der Waals surface area contributed by atoms with E-state index in [2.05, 4.69) is 16.5 Å². The molecule has 0 atom stereocenters. The molecule has 1 fully saturated rings. The first-order chi connectivity index (χ1) is 11.9. The van der Waals surface area contributed by atoms with Crippen LogP contribution in [0.15, 0.2) is 30.5 Å². The molecule has 2 aromatic rings. The fraction of sp³-hybridized carbons (Fsp3) is 0.368. The van der Waals surface area contributed by atoms with E-state index in [0.717, 1.165) is 31.6 Å². The molecule has 0 saturated carbocycles. The van der Waals surface area contributed by atoms with Crippen molar-refractivity contribution in [2.75, 3.05) is 18.8 Å². The lowest BCUT2D eigenvalue weighted by atomic mass is 10.0. The highest BCUT2D eigenvalue weighted by molar-refractivity contribution is 6.06. The molecule has 1 aliphatic rings. The second-order valence-corrected chi connectivity index (χ2v) is 6.48. The molecule has 1 aliphatic heterocycles. The van der Waals surface area contributed by atoms with Gasteiger partial charge in [0.2, 0.25) is 0 Å². The fourth-order valence-electron chi connectivity index (χ4n) is 3.34. The quantitative estimate of drug-likeness (QED) is 0.888. The molecule has 0 radical (unpaired) electrons. The second-order valence-electron chi connectivity index (χ2n) is 6.48. The molecule has 1 aromatic carbocycles. The molecule has 3 N–H and O–H groups in total. The third-order valence-electron chi connectivity index (χ3n) is 4.68. The fourth-order valence-corrected chi connectivity index (χ4v) is 3.34. The highest BCUT2D eigenvalue weighted by Crippen LogP contribution is 2.34. The minimum atomic E-state index is -1.08. The third kappa shape index (κ3) is 3.24. The Labute approximate surface area is 146 Å². The zero-order chi connectivity index (χ0) is 18.1. The molecule has 132 valence electrons. The average molecular weight is 341 g/mol. The molecule has 0 spiro atoms. The Morgan fingerprint density at radius 1 is 1.40 bits per heavy atom. The second kappa shape index (κ2) is 6.63. The first-order valence-electron chi connectivity index (χ1n) is 8.37. The number of nitrogen functional groups attached to an aromatic ring is 1. The van der Waals surface area contributed by atoms with E-state index in [1.54, 1.807) is 6.92 Å². The van der Waals surface area contributed by atoms with E-state index in [1.165, 1.54) is 0 Å². The van der Waals surface area contributed by atoms with Crippen molar-refractivity contribution in [3.8, 4) is 5.75 Å². The van der Waals surface area contributed by atoms with Crippen molar-refractivity contribution in [2.24, 2.45) is 0 Å². The van der Waals surface area contributed by atoms with Gasteiger partial charge in [0.1, 0.15) is 17.4 Å². The van der Waals surface area contributed by atoms with Gasteiger partial charge in [0, 0.05) is 31.6 Å². The molecular formula is C19H23N3O3. The number of carbonyl (C=O) groups is 1. The van der Waals surface area contributed by atoms with Gasteiger partial charge >= 0.3 is 5.97 Å². The molecule has 3 rings (SSSR count). The lowest BCUT2D eigenvalue weighted by Gasteiger charge is -2.34. The van der Waals surface area contributed by atoms with Crippen LogP contribution < -0.4 is 10.5 Å². The van der Waals surface area contributed by atoms with Gasteiger partial charge in [-0.3, -0.25) is 4.98 Å². The molecule has 0 bridgehead atoms. The molecule has 6 nitrogen and oxygen atoms in total. The number of hydrogen-bond acceptors (Lipinski definition) is 5. The summed E-state index contributed by atoms with van der Waals surface area (Å²) in [7, 11) is 0. The predicted octanol–water partition coefficient (Wildman–Crippen LogP) is 3.20. The van der Waals surface area contributed by atoms with Gasteiger partial charge < -0.3 is 20.5 Å². The van der Waals surface area contributed by atoms with Crippen molar-refractivity contribution < 1.29 is 14.6 Å². The minimum Gasteiger partial charge on any atom is -0.490 e. The zero-order valence-corrected chi connectivity index (χ0v) is 14.6. The third-order valence-corrected chi connectivity index (χ3v) is 4.68. The highest BCUT2D eigenvalue weighted by atomic mass is 16.5. The van der Waals surface area contributed by atoms with Gasteiger partial charge in [-0.15, -0.1) is 0 Å². The van der Waals surface area contributed by atoms with Crippen molar-refractivity contribution in [3.05, 3.63) is 41.7 Å². The van der Waals surface area contributed by atoms with E-state index >= 15 is 0 Å². The SMILES string of the molecule is C=C(C)N1CCC(Oc2cccc3nc(C)c(C(=O)O)c(N)c23)CC1. The summed E-state index contributed by atoms with van der Waals surface area (Å²) in [4.78, 5) is 18.1. The molecule has 25 heavy (non-hydrogen) atoms. The lowest BCUT2D eigenvalue weighted by Crippen LogP contribution is -2.36. The topological polar surface area (TPSA) is 88.7 Å². The van der Waals surface area contributed by atoms with Crippen LogP contribution in [-0.4, -0.2) is 40.2 Å². The maximum atomic E-state index is 11.5. The Morgan fingerprint density at radius 2 is 2.08 bits per heavy atom. The van der Waals surface area contributed by atoms with E-state index in [1.807, 2.05) is 25.1 Å². The summed E-state index contributed by atoms with van der Waals surface area (Å²) in [6.07, 6.45) is 1.83. The molecule has 0 unspecified atom stereocenters. The number of hydrogen-bond donors (Lipinski definition) is 2. The number of ether oxygens (including phenoxy) is 1. The van der Waals surface area contributed by atoms with Gasteiger partial charge in [0.15, 0.2) is 0 Å². The smallest absolute Gasteiger partial charge is 0.339 e. The monoisotopic (exact) mass is 341 g/mol.